The molecule has 2 heterocycles. The van der Waals surface area contributed by atoms with E-state index in [2.05, 4.69) is 5.32 Å². The maximum atomic E-state index is 12.2. The van der Waals surface area contributed by atoms with Gasteiger partial charge in [0.2, 0.25) is 12.0 Å². The van der Waals surface area contributed by atoms with Crippen molar-refractivity contribution in [2.45, 2.75) is 75.0 Å². The van der Waals surface area contributed by atoms with Crippen molar-refractivity contribution >= 4 is 11.8 Å². The van der Waals surface area contributed by atoms with Crippen molar-refractivity contribution < 1.29 is 53.7 Å². The Morgan fingerprint density at radius 1 is 1.10 bits per heavy atom. The van der Waals surface area contributed by atoms with Gasteiger partial charge in [0.15, 0.2) is 13.3 Å². The Kier molecular flexibility index (Phi) is 8.35. The van der Waals surface area contributed by atoms with Crippen LogP contribution < -0.4 is 5.32 Å². The van der Waals surface area contributed by atoms with E-state index in [1.165, 1.54) is 14.0 Å². The highest BCUT2D eigenvalue weighted by molar-refractivity contribution is 5.74. The number of rotatable bonds is 6. The molecular weight excluding hydrogens is 408 g/mol. The number of nitrogens with zero attached hydrogens (tertiary/aromatic N) is 1. The number of carbonyl (C=O) groups excluding carboxylic acids is 2. The highest BCUT2D eigenvalue weighted by Gasteiger charge is 2.54. The number of aliphatic hydroxyl groups is 4. The molecule has 2 aliphatic rings. The molecule has 2 fully saturated rings. The van der Waals surface area contributed by atoms with Crippen LogP contribution in [0.2, 0.25) is 0 Å². The van der Waals surface area contributed by atoms with E-state index in [0.29, 0.717) is 0 Å². The summed E-state index contributed by atoms with van der Waals surface area (Å²) in [5.41, 5.74) is 0. The van der Waals surface area contributed by atoms with Crippen LogP contribution in [0.25, 0.3) is 0 Å². The molecule has 10 unspecified atom stereocenters. The predicted octanol–water partition coefficient (Wildman–Crippen LogP) is -3.59. The first-order valence-electron chi connectivity index (χ1n) is 9.39. The van der Waals surface area contributed by atoms with Gasteiger partial charge in [-0.2, -0.15) is 0 Å². The van der Waals surface area contributed by atoms with Crippen LogP contribution in [0.5, 0.6) is 0 Å². The fourth-order valence-corrected chi connectivity index (χ4v) is 3.63. The number of aliphatic hydroxyl groups excluding tert-OH is 4. The second-order valence-electron chi connectivity index (χ2n) is 7.32. The van der Waals surface area contributed by atoms with Gasteiger partial charge >= 0.3 is 5.91 Å². The standard InChI is InChI=1S/C17H28N2O11/c1-6-9(18-7(2)21)13(10(22)8(5-20)28-6)29-17-12(24)11(23)14(27-4)15(30-17)16(25)19(3)26/h6,8-15,17,20,22-24H,5H2,1-4H3/p+1. The van der Waals surface area contributed by atoms with E-state index in [4.69, 9.17) is 18.9 Å². The number of hydrogen-bond acceptors (Lipinski definition) is 11. The van der Waals surface area contributed by atoms with Crippen LogP contribution in [0.1, 0.15) is 13.8 Å². The zero-order chi connectivity index (χ0) is 22.7. The van der Waals surface area contributed by atoms with E-state index >= 15 is 0 Å². The van der Waals surface area contributed by atoms with Gasteiger partial charge in [-0.3, -0.25) is 4.79 Å². The Morgan fingerprint density at radius 2 is 1.73 bits per heavy atom. The van der Waals surface area contributed by atoms with Gasteiger partial charge in [0.05, 0.1) is 23.5 Å². The minimum Gasteiger partial charge on any atom is -0.394 e. The van der Waals surface area contributed by atoms with Gasteiger partial charge in [-0.1, -0.05) is 0 Å². The van der Waals surface area contributed by atoms with Crippen molar-refractivity contribution in [2.24, 2.45) is 0 Å². The van der Waals surface area contributed by atoms with Crippen molar-refractivity contribution in [3.8, 4) is 0 Å². The van der Waals surface area contributed by atoms with Crippen molar-refractivity contribution in [1.82, 2.24) is 5.32 Å². The molecule has 0 aromatic rings. The number of methoxy groups -OCH3 is 1. The summed E-state index contributed by atoms with van der Waals surface area (Å²) in [4.78, 5) is 35.2. The van der Waals surface area contributed by atoms with Crippen molar-refractivity contribution in [2.75, 3.05) is 20.8 Å². The van der Waals surface area contributed by atoms with Gasteiger partial charge in [0, 0.05) is 18.9 Å². The lowest BCUT2D eigenvalue weighted by Gasteiger charge is -2.46. The average Bonchev–Trinajstić information content (AvgIpc) is 2.69. The molecule has 2 amide bonds. The van der Waals surface area contributed by atoms with Crippen LogP contribution >= 0.6 is 0 Å². The van der Waals surface area contributed by atoms with E-state index in [-0.39, 0.29) is 4.76 Å². The van der Waals surface area contributed by atoms with Gasteiger partial charge in [-0.25, -0.2) is 4.79 Å². The van der Waals surface area contributed by atoms with E-state index in [1.807, 2.05) is 0 Å². The molecule has 0 bridgehead atoms. The molecule has 2 saturated heterocycles. The zero-order valence-corrected chi connectivity index (χ0v) is 17.1. The normalized spacial score (nSPS) is 41.9. The zero-order valence-electron chi connectivity index (χ0n) is 17.1. The van der Waals surface area contributed by atoms with Crippen molar-refractivity contribution in [3.05, 3.63) is 4.91 Å². The largest absolute Gasteiger partial charge is 0.464 e. The van der Waals surface area contributed by atoms with Crippen LogP contribution in [-0.4, -0.2) is 119 Å². The topological polar surface area (TPSA) is 184 Å². The van der Waals surface area contributed by atoms with Gasteiger partial charge in [0.1, 0.15) is 36.6 Å². The Balaban J connectivity index is 2.31. The Hall–Kier alpha value is -1.58. The van der Waals surface area contributed by atoms with Crippen molar-refractivity contribution in [3.63, 3.8) is 0 Å². The SMILES string of the molecule is COC1C(C(=O)[N+](C)=O)OC(OC2C(O)C(CO)OC(C)C2NC(C)=O)C(O)C1O. The summed E-state index contributed by atoms with van der Waals surface area (Å²) in [5.74, 6) is -1.53. The number of nitroso groups, excluding NO2 is 1. The highest BCUT2D eigenvalue weighted by Crippen LogP contribution is 2.30. The molecule has 0 saturated carbocycles. The maximum absolute atomic E-state index is 12.2. The van der Waals surface area contributed by atoms with Crippen molar-refractivity contribution in [1.29, 1.82) is 0 Å². The van der Waals surface area contributed by atoms with Gasteiger partial charge < -0.3 is 44.7 Å². The minimum atomic E-state index is -1.72. The average molecular weight is 437 g/mol. The summed E-state index contributed by atoms with van der Waals surface area (Å²) in [5, 5.41) is 43.4. The molecule has 172 valence electrons. The Morgan fingerprint density at radius 3 is 2.23 bits per heavy atom. The third-order valence-electron chi connectivity index (χ3n) is 5.18. The molecule has 0 aromatic carbocycles. The monoisotopic (exact) mass is 437 g/mol. The molecule has 2 aliphatic heterocycles. The summed E-state index contributed by atoms with van der Waals surface area (Å²) in [6.07, 6.45) is -12.5. The molecule has 0 spiro atoms. The second kappa shape index (κ2) is 10.2. The number of likely N-dealkylation sites (N-methyl/N-ethyl adjacent to an activating group) is 1. The van der Waals surface area contributed by atoms with Crippen LogP contribution in [0.15, 0.2) is 0 Å². The van der Waals surface area contributed by atoms with E-state index in [1.54, 1.807) is 6.92 Å². The summed E-state index contributed by atoms with van der Waals surface area (Å²) >= 11 is 0. The van der Waals surface area contributed by atoms with Crippen LogP contribution in [0, 0.1) is 4.91 Å². The lowest BCUT2D eigenvalue weighted by atomic mass is 9.92. The fraction of sp³-hybridized carbons (Fsp3) is 0.882. The first-order chi connectivity index (χ1) is 14.0. The van der Waals surface area contributed by atoms with E-state index in [9.17, 15) is 34.9 Å². The number of nitrogens with one attached hydrogen (secondary N) is 1. The molecule has 0 aromatic heterocycles. The van der Waals surface area contributed by atoms with Gasteiger partial charge in [0.25, 0.3) is 0 Å². The van der Waals surface area contributed by atoms with Crippen LogP contribution in [0.3, 0.4) is 0 Å². The molecule has 0 aliphatic carbocycles. The molecular formula is C17H29N2O11+. The lowest BCUT2D eigenvalue weighted by Crippen LogP contribution is -2.67. The van der Waals surface area contributed by atoms with E-state index in [0.717, 1.165) is 7.05 Å². The molecule has 5 N–H and O–H groups in total. The summed E-state index contributed by atoms with van der Waals surface area (Å²) < 4.78 is 21.6. The third-order valence-corrected chi connectivity index (χ3v) is 5.18. The summed E-state index contributed by atoms with van der Waals surface area (Å²) in [6, 6.07) is -0.912. The fourth-order valence-electron chi connectivity index (χ4n) is 3.63. The number of ether oxygens (including phenoxy) is 4. The highest BCUT2D eigenvalue weighted by atomic mass is 16.7. The lowest BCUT2D eigenvalue weighted by molar-refractivity contribution is -0.454. The molecule has 13 nitrogen and oxygen atoms in total. The molecule has 13 heteroatoms. The van der Waals surface area contributed by atoms with Crippen LogP contribution in [0.4, 0.5) is 0 Å². The smallest absolute Gasteiger partial charge is 0.394 e. The Labute approximate surface area is 172 Å². The Bertz CT molecular complexity index is 647. The van der Waals surface area contributed by atoms with Gasteiger partial charge in [-0.15, -0.1) is 0 Å². The molecule has 2 rings (SSSR count). The first kappa shape index (κ1) is 24.7. The predicted molar refractivity (Wildman–Crippen MR) is 95.9 cm³/mol. The summed E-state index contributed by atoms with van der Waals surface area (Å²) in [6.45, 7) is 2.27. The number of hydrogen-bond donors (Lipinski definition) is 5. The third kappa shape index (κ3) is 5.00. The summed E-state index contributed by atoms with van der Waals surface area (Å²) in [7, 11) is 2.10. The molecule has 10 atom stereocenters. The quantitative estimate of drug-likeness (QED) is 0.259. The molecule has 30 heavy (non-hydrogen) atoms. The minimum absolute atomic E-state index is 0.00849. The maximum Gasteiger partial charge on any atom is 0.464 e. The number of amides is 2. The van der Waals surface area contributed by atoms with Crippen LogP contribution in [-0.2, 0) is 28.5 Å². The van der Waals surface area contributed by atoms with E-state index < -0.39 is 79.6 Å². The molecule has 0 radical (unpaired) electrons. The van der Waals surface area contributed by atoms with Gasteiger partial charge in [-0.05, 0) is 6.92 Å². The second-order valence-corrected chi connectivity index (χ2v) is 7.32. The number of carbonyl (C=O) groups is 2. The first-order valence-corrected chi connectivity index (χ1v) is 9.39.